The molecule has 0 amide bonds. The Morgan fingerprint density at radius 2 is 1.97 bits per heavy atom. The molecule has 0 aliphatic carbocycles. The van der Waals surface area contributed by atoms with Gasteiger partial charge in [0.05, 0.1) is 24.7 Å². The molecule has 1 unspecified atom stereocenters. The van der Waals surface area contributed by atoms with Crippen molar-refractivity contribution in [2.24, 2.45) is 5.73 Å². The molecule has 1 atom stereocenters. The van der Waals surface area contributed by atoms with Gasteiger partial charge in [0, 0.05) is 21.7 Å². The number of allylic oxidation sites excluding steroid dienone is 1. The van der Waals surface area contributed by atoms with Crippen molar-refractivity contribution in [2.75, 3.05) is 13.7 Å². The van der Waals surface area contributed by atoms with Gasteiger partial charge in [-0.15, -0.1) is 11.3 Å². The van der Waals surface area contributed by atoms with Crippen LogP contribution in [0.15, 0.2) is 66.1 Å². The first-order chi connectivity index (χ1) is 18.8. The second-order valence-electron chi connectivity index (χ2n) is 9.02. The first-order valence-electron chi connectivity index (χ1n) is 12.3. The largest absolute Gasteiger partial charge is 0.493 e. The number of hydrogen-bond acceptors (Lipinski definition) is 8. The summed E-state index contributed by atoms with van der Waals surface area (Å²) >= 11 is 7.78. The minimum Gasteiger partial charge on any atom is -0.493 e. The van der Waals surface area contributed by atoms with Crippen LogP contribution in [0.1, 0.15) is 45.6 Å². The molecular formula is C30H25ClN2O5S. The first kappa shape index (κ1) is 26.4. The number of esters is 1. The molecular weight excluding hydrogens is 536 g/mol. The summed E-state index contributed by atoms with van der Waals surface area (Å²) in [6.07, 6.45) is 0.859. The van der Waals surface area contributed by atoms with Crippen LogP contribution in [-0.2, 0) is 0 Å². The Labute approximate surface area is 234 Å². The van der Waals surface area contributed by atoms with Gasteiger partial charge in [-0.25, -0.2) is 4.79 Å². The average Bonchev–Trinajstić information content (AvgIpc) is 3.26. The normalized spacial score (nSPS) is 14.4. The number of aryl methyl sites for hydroxylation is 1. The van der Waals surface area contributed by atoms with Crippen molar-refractivity contribution >= 4 is 39.0 Å². The highest BCUT2D eigenvalue weighted by Gasteiger charge is 2.32. The quantitative estimate of drug-likeness (QED) is 0.190. The molecule has 1 aliphatic rings. The molecule has 9 heteroatoms. The van der Waals surface area contributed by atoms with Crippen LogP contribution in [0, 0.1) is 18.3 Å². The second-order valence-corrected chi connectivity index (χ2v) is 10.4. The van der Waals surface area contributed by atoms with Gasteiger partial charge in [0.15, 0.2) is 11.5 Å². The standard InChI is InChI=1S/C30H25ClN2O5S/c1-4-11-36-22-10-6-17(13-24(22)35-3)26-19-9-7-18(14-23(19)38-29(33)21(26)15-32)37-30(34)28-27(31)20-8-5-16(2)12-25(20)39-28/h5-10,12-14,26H,4,11,33H2,1-3H3. The van der Waals surface area contributed by atoms with Crippen LogP contribution in [0.2, 0.25) is 5.02 Å². The van der Waals surface area contributed by atoms with Crippen LogP contribution in [0.3, 0.4) is 0 Å². The van der Waals surface area contributed by atoms with Crippen molar-refractivity contribution in [3.63, 3.8) is 0 Å². The lowest BCUT2D eigenvalue weighted by molar-refractivity contribution is 0.0740. The third-order valence-electron chi connectivity index (χ3n) is 6.35. The highest BCUT2D eigenvalue weighted by molar-refractivity contribution is 7.21. The van der Waals surface area contributed by atoms with Crippen molar-refractivity contribution in [1.29, 1.82) is 5.26 Å². The van der Waals surface area contributed by atoms with Gasteiger partial charge in [-0.05, 0) is 48.7 Å². The smallest absolute Gasteiger partial charge is 0.355 e. The van der Waals surface area contributed by atoms with E-state index in [1.54, 1.807) is 25.3 Å². The summed E-state index contributed by atoms with van der Waals surface area (Å²) in [7, 11) is 1.57. The summed E-state index contributed by atoms with van der Waals surface area (Å²) in [5.74, 6) is 0.694. The number of nitrogens with zero attached hydrogens (tertiary/aromatic N) is 1. The van der Waals surface area contributed by atoms with Crippen LogP contribution in [0.25, 0.3) is 10.1 Å². The fourth-order valence-corrected chi connectivity index (χ4v) is 5.98. The van der Waals surface area contributed by atoms with Crippen LogP contribution >= 0.6 is 22.9 Å². The van der Waals surface area contributed by atoms with Crippen molar-refractivity contribution in [3.8, 4) is 29.1 Å². The van der Waals surface area contributed by atoms with Crippen LogP contribution in [0.4, 0.5) is 0 Å². The van der Waals surface area contributed by atoms with E-state index in [0.717, 1.165) is 27.6 Å². The Morgan fingerprint density at radius 3 is 2.72 bits per heavy atom. The number of rotatable bonds is 7. The molecule has 1 aliphatic heterocycles. The van der Waals surface area contributed by atoms with Crippen LogP contribution in [-0.4, -0.2) is 19.7 Å². The molecule has 198 valence electrons. The van der Waals surface area contributed by atoms with E-state index in [1.165, 1.54) is 11.3 Å². The predicted octanol–water partition coefficient (Wildman–Crippen LogP) is 7.10. The fourth-order valence-electron chi connectivity index (χ4n) is 4.49. The summed E-state index contributed by atoms with van der Waals surface area (Å²) in [4.78, 5) is 13.4. The van der Waals surface area contributed by atoms with E-state index in [-0.39, 0.29) is 17.2 Å². The van der Waals surface area contributed by atoms with Crippen molar-refractivity contribution in [3.05, 3.63) is 92.6 Å². The number of ether oxygens (including phenoxy) is 4. The maximum atomic E-state index is 13.0. The number of nitrogens with two attached hydrogens (primary N) is 1. The zero-order chi connectivity index (χ0) is 27.7. The summed E-state index contributed by atoms with van der Waals surface area (Å²) in [5, 5.41) is 11.1. The van der Waals surface area contributed by atoms with E-state index in [1.807, 2.05) is 50.2 Å². The highest BCUT2D eigenvalue weighted by Crippen LogP contribution is 2.45. The maximum absolute atomic E-state index is 13.0. The van der Waals surface area contributed by atoms with Gasteiger partial charge in [-0.2, -0.15) is 5.26 Å². The number of methoxy groups -OCH3 is 1. The Hall–Kier alpha value is -4.19. The zero-order valence-electron chi connectivity index (χ0n) is 21.5. The van der Waals surface area contributed by atoms with E-state index in [2.05, 4.69) is 6.07 Å². The lowest BCUT2D eigenvalue weighted by Crippen LogP contribution is -2.21. The molecule has 0 bridgehead atoms. The van der Waals surface area contributed by atoms with Crippen molar-refractivity contribution in [2.45, 2.75) is 26.2 Å². The summed E-state index contributed by atoms with van der Waals surface area (Å²) in [6, 6.07) is 18.5. The van der Waals surface area contributed by atoms with Gasteiger partial charge in [0.1, 0.15) is 28.0 Å². The van der Waals surface area contributed by atoms with Gasteiger partial charge < -0.3 is 24.7 Å². The second kappa shape index (κ2) is 10.9. The Balaban J connectivity index is 1.48. The minimum atomic E-state index is -0.570. The highest BCUT2D eigenvalue weighted by atomic mass is 35.5. The zero-order valence-corrected chi connectivity index (χ0v) is 23.1. The van der Waals surface area contributed by atoms with Crippen LogP contribution < -0.4 is 24.7 Å². The third kappa shape index (κ3) is 4.99. The number of halogens is 1. The number of nitriles is 1. The van der Waals surface area contributed by atoms with E-state index in [9.17, 15) is 10.1 Å². The topological polar surface area (TPSA) is 104 Å². The number of carbonyl (C=O) groups is 1. The predicted molar refractivity (Wildman–Crippen MR) is 151 cm³/mol. The monoisotopic (exact) mass is 560 g/mol. The van der Waals surface area contributed by atoms with E-state index >= 15 is 0 Å². The molecule has 39 heavy (non-hydrogen) atoms. The molecule has 0 saturated heterocycles. The molecule has 2 N–H and O–H groups in total. The van der Waals surface area contributed by atoms with E-state index in [4.69, 9.17) is 36.3 Å². The molecule has 4 aromatic rings. The first-order valence-corrected chi connectivity index (χ1v) is 13.5. The third-order valence-corrected chi connectivity index (χ3v) is 7.99. The Morgan fingerprint density at radius 1 is 1.15 bits per heavy atom. The average molecular weight is 561 g/mol. The molecule has 0 fully saturated rings. The summed E-state index contributed by atoms with van der Waals surface area (Å²) < 4.78 is 23.7. The van der Waals surface area contributed by atoms with Gasteiger partial charge >= 0.3 is 5.97 Å². The molecule has 7 nitrogen and oxygen atoms in total. The lowest BCUT2D eigenvalue weighted by Gasteiger charge is -2.27. The summed E-state index contributed by atoms with van der Waals surface area (Å²) in [5.41, 5.74) is 8.98. The van der Waals surface area contributed by atoms with Gasteiger partial charge in [-0.1, -0.05) is 42.8 Å². The molecule has 1 aromatic heterocycles. The number of carbonyl (C=O) groups excluding carboxylic acids is 1. The molecule has 5 rings (SSSR count). The molecule has 0 saturated carbocycles. The molecule has 0 spiro atoms. The molecule has 3 aromatic carbocycles. The number of thiophene rings is 1. The minimum absolute atomic E-state index is 0.0216. The van der Waals surface area contributed by atoms with E-state index in [0.29, 0.717) is 39.3 Å². The maximum Gasteiger partial charge on any atom is 0.355 e. The molecule has 2 heterocycles. The van der Waals surface area contributed by atoms with E-state index < -0.39 is 11.9 Å². The van der Waals surface area contributed by atoms with Gasteiger partial charge in [-0.3, -0.25) is 0 Å². The number of hydrogen-bond donors (Lipinski definition) is 1. The Kier molecular flexibility index (Phi) is 7.38. The lowest BCUT2D eigenvalue weighted by atomic mass is 9.83. The van der Waals surface area contributed by atoms with Crippen molar-refractivity contribution < 1.29 is 23.7 Å². The number of fused-ring (bicyclic) bond motifs is 2. The van der Waals surface area contributed by atoms with Gasteiger partial charge in [0.25, 0.3) is 0 Å². The summed E-state index contributed by atoms with van der Waals surface area (Å²) in [6.45, 7) is 4.56. The molecule has 0 radical (unpaired) electrons. The Bertz CT molecular complexity index is 1670. The van der Waals surface area contributed by atoms with Gasteiger partial charge in [0.2, 0.25) is 5.88 Å². The van der Waals surface area contributed by atoms with Crippen LogP contribution in [0.5, 0.6) is 23.0 Å². The fraction of sp³-hybridized carbons (Fsp3) is 0.200. The number of benzene rings is 3. The van der Waals surface area contributed by atoms with Crippen molar-refractivity contribution in [1.82, 2.24) is 0 Å². The SMILES string of the molecule is CCCOc1ccc(C2C(C#N)=C(N)Oc3cc(OC(=O)c4sc5cc(C)ccc5c4Cl)ccc32)cc1OC.